The van der Waals surface area contributed by atoms with E-state index in [2.05, 4.69) is 43.3 Å². The van der Waals surface area contributed by atoms with Crippen LogP contribution in [0, 0.1) is 11.3 Å². The van der Waals surface area contributed by atoms with E-state index in [1.165, 1.54) is 29.7 Å². The van der Waals surface area contributed by atoms with Crippen molar-refractivity contribution in [3.63, 3.8) is 0 Å². The fourth-order valence-corrected chi connectivity index (χ4v) is 4.09. The van der Waals surface area contributed by atoms with E-state index < -0.39 is 0 Å². The molecule has 1 fully saturated rings. The van der Waals surface area contributed by atoms with Gasteiger partial charge in [-0.2, -0.15) is 0 Å². The SMILES string of the molecule is CC1=NOC23c4ccccc4CCC2(C)C13. The van der Waals surface area contributed by atoms with Gasteiger partial charge < -0.3 is 4.84 Å². The van der Waals surface area contributed by atoms with Gasteiger partial charge in [-0.05, 0) is 25.3 Å². The first kappa shape index (κ1) is 8.80. The summed E-state index contributed by atoms with van der Waals surface area (Å²) < 4.78 is 0. The second-order valence-corrected chi connectivity index (χ2v) is 5.57. The summed E-state index contributed by atoms with van der Waals surface area (Å²) in [6.45, 7) is 4.46. The van der Waals surface area contributed by atoms with E-state index in [-0.39, 0.29) is 5.60 Å². The molecule has 0 amide bonds. The molecule has 2 nitrogen and oxygen atoms in total. The zero-order valence-electron chi connectivity index (χ0n) is 9.66. The summed E-state index contributed by atoms with van der Waals surface area (Å²) in [5.41, 5.74) is 4.21. The molecular weight excluding hydrogens is 198 g/mol. The van der Waals surface area contributed by atoms with Crippen LogP contribution in [0.2, 0.25) is 0 Å². The van der Waals surface area contributed by atoms with Gasteiger partial charge in [-0.3, -0.25) is 0 Å². The Morgan fingerprint density at radius 2 is 2.19 bits per heavy atom. The number of benzene rings is 1. The van der Waals surface area contributed by atoms with Crippen LogP contribution in [0.3, 0.4) is 0 Å². The van der Waals surface area contributed by atoms with Gasteiger partial charge in [0.05, 0.1) is 11.6 Å². The summed E-state index contributed by atoms with van der Waals surface area (Å²) in [5, 5.41) is 4.20. The van der Waals surface area contributed by atoms with Crippen molar-refractivity contribution >= 4 is 5.71 Å². The third-order valence-corrected chi connectivity index (χ3v) is 4.89. The molecule has 1 spiro atoms. The fourth-order valence-electron chi connectivity index (χ4n) is 4.09. The molecule has 1 saturated carbocycles. The molecule has 1 aromatic carbocycles. The molecule has 16 heavy (non-hydrogen) atoms. The zero-order valence-corrected chi connectivity index (χ0v) is 9.66. The quantitative estimate of drug-likeness (QED) is 0.649. The molecule has 0 radical (unpaired) electrons. The minimum absolute atomic E-state index is 0.105. The van der Waals surface area contributed by atoms with E-state index in [9.17, 15) is 0 Å². The van der Waals surface area contributed by atoms with Gasteiger partial charge in [-0.25, -0.2) is 0 Å². The van der Waals surface area contributed by atoms with Crippen LogP contribution in [0.4, 0.5) is 0 Å². The lowest BCUT2D eigenvalue weighted by molar-refractivity contribution is 0.00338. The van der Waals surface area contributed by atoms with Crippen LogP contribution in [0.5, 0.6) is 0 Å². The molecule has 0 bridgehead atoms. The van der Waals surface area contributed by atoms with Gasteiger partial charge in [0, 0.05) is 11.0 Å². The minimum Gasteiger partial charge on any atom is -0.383 e. The third-order valence-electron chi connectivity index (χ3n) is 4.89. The highest BCUT2D eigenvalue weighted by atomic mass is 16.7. The maximum atomic E-state index is 5.85. The molecule has 82 valence electrons. The van der Waals surface area contributed by atoms with Crippen molar-refractivity contribution < 1.29 is 4.84 Å². The number of hydrogen-bond acceptors (Lipinski definition) is 2. The maximum Gasteiger partial charge on any atom is 0.177 e. The molecule has 0 N–H and O–H groups in total. The third kappa shape index (κ3) is 0.675. The average Bonchev–Trinajstić information content (AvgIpc) is 2.68. The van der Waals surface area contributed by atoms with Gasteiger partial charge in [0.25, 0.3) is 0 Å². The van der Waals surface area contributed by atoms with Gasteiger partial charge >= 0.3 is 0 Å². The number of fused-ring (bicyclic) bond motifs is 2. The summed E-state index contributed by atoms with van der Waals surface area (Å²) in [7, 11) is 0. The van der Waals surface area contributed by atoms with Crippen molar-refractivity contribution in [1.29, 1.82) is 0 Å². The normalized spacial score (nSPS) is 42.6. The first-order valence-corrected chi connectivity index (χ1v) is 6.01. The van der Waals surface area contributed by atoms with Gasteiger partial charge in [-0.1, -0.05) is 36.3 Å². The lowest BCUT2D eigenvalue weighted by Crippen LogP contribution is -2.24. The van der Waals surface area contributed by atoms with Crippen molar-refractivity contribution in [1.82, 2.24) is 0 Å². The molecule has 3 unspecified atom stereocenters. The molecule has 2 aliphatic carbocycles. The van der Waals surface area contributed by atoms with E-state index in [4.69, 9.17) is 4.84 Å². The molecule has 1 heterocycles. The lowest BCUT2D eigenvalue weighted by Gasteiger charge is -2.28. The van der Waals surface area contributed by atoms with Crippen molar-refractivity contribution in [3.8, 4) is 0 Å². The van der Waals surface area contributed by atoms with Crippen molar-refractivity contribution in [2.45, 2.75) is 32.3 Å². The van der Waals surface area contributed by atoms with Crippen LogP contribution in [0.15, 0.2) is 29.4 Å². The number of aryl methyl sites for hydroxylation is 1. The molecule has 0 saturated heterocycles. The Balaban J connectivity index is 1.96. The highest BCUT2D eigenvalue weighted by molar-refractivity contribution is 5.92. The predicted octanol–water partition coefficient (Wildman–Crippen LogP) is 2.87. The Morgan fingerprint density at radius 3 is 3.06 bits per heavy atom. The number of oxime groups is 1. The molecule has 4 rings (SSSR count). The minimum atomic E-state index is -0.105. The Bertz CT molecular complexity index is 521. The Kier molecular flexibility index (Phi) is 1.29. The summed E-state index contributed by atoms with van der Waals surface area (Å²) in [4.78, 5) is 5.85. The number of nitrogens with zero attached hydrogens (tertiary/aromatic N) is 1. The molecule has 3 atom stereocenters. The average molecular weight is 213 g/mol. The van der Waals surface area contributed by atoms with Crippen LogP contribution < -0.4 is 0 Å². The molecular formula is C14H15NO. The van der Waals surface area contributed by atoms with Crippen LogP contribution >= 0.6 is 0 Å². The van der Waals surface area contributed by atoms with Gasteiger partial charge in [0.1, 0.15) is 0 Å². The first-order valence-electron chi connectivity index (χ1n) is 6.01. The molecule has 2 heteroatoms. The second kappa shape index (κ2) is 2.34. The summed E-state index contributed by atoms with van der Waals surface area (Å²) >= 11 is 0. The first-order chi connectivity index (χ1) is 7.70. The Hall–Kier alpha value is -1.31. The van der Waals surface area contributed by atoms with Crippen LogP contribution in [-0.4, -0.2) is 5.71 Å². The largest absolute Gasteiger partial charge is 0.383 e. The smallest absolute Gasteiger partial charge is 0.177 e. The fraction of sp³-hybridized carbons (Fsp3) is 0.500. The van der Waals surface area contributed by atoms with Gasteiger partial charge in [-0.15, -0.1) is 0 Å². The van der Waals surface area contributed by atoms with Crippen LogP contribution in [0.25, 0.3) is 0 Å². The summed E-state index contributed by atoms with van der Waals surface area (Å²) in [6.07, 6.45) is 2.41. The number of rotatable bonds is 0. The Morgan fingerprint density at radius 1 is 1.38 bits per heavy atom. The van der Waals surface area contributed by atoms with E-state index >= 15 is 0 Å². The van der Waals surface area contributed by atoms with Gasteiger partial charge in [0.2, 0.25) is 0 Å². The highest BCUT2D eigenvalue weighted by Crippen LogP contribution is 2.77. The molecule has 3 aliphatic rings. The summed E-state index contributed by atoms with van der Waals surface area (Å²) in [6, 6.07) is 8.70. The molecule has 1 aliphatic heterocycles. The van der Waals surface area contributed by atoms with E-state index in [1.54, 1.807) is 0 Å². The lowest BCUT2D eigenvalue weighted by atomic mass is 9.82. The summed E-state index contributed by atoms with van der Waals surface area (Å²) in [5.74, 6) is 0.517. The monoisotopic (exact) mass is 213 g/mol. The van der Waals surface area contributed by atoms with Crippen molar-refractivity contribution in [3.05, 3.63) is 35.4 Å². The second-order valence-electron chi connectivity index (χ2n) is 5.57. The van der Waals surface area contributed by atoms with Crippen LogP contribution in [-0.2, 0) is 16.9 Å². The molecule has 1 aromatic rings. The maximum absolute atomic E-state index is 5.85. The number of hydrogen-bond donors (Lipinski definition) is 0. The van der Waals surface area contributed by atoms with E-state index in [0.717, 1.165) is 0 Å². The van der Waals surface area contributed by atoms with E-state index in [0.29, 0.717) is 11.3 Å². The van der Waals surface area contributed by atoms with Crippen molar-refractivity contribution in [2.24, 2.45) is 16.5 Å². The molecule has 0 aromatic heterocycles. The van der Waals surface area contributed by atoms with Crippen LogP contribution in [0.1, 0.15) is 31.4 Å². The highest BCUT2D eigenvalue weighted by Gasteiger charge is 2.82. The predicted molar refractivity (Wildman–Crippen MR) is 62.2 cm³/mol. The van der Waals surface area contributed by atoms with E-state index in [1.807, 2.05) is 0 Å². The topological polar surface area (TPSA) is 21.6 Å². The zero-order chi connectivity index (χ0) is 11.0. The van der Waals surface area contributed by atoms with Gasteiger partial charge in [0.15, 0.2) is 5.60 Å². The Labute approximate surface area is 95.3 Å². The standard InChI is InChI=1S/C14H15NO/c1-9-12-13(2)8-7-10-5-3-4-6-11(10)14(12,13)16-15-9/h3-6,12H,7-8H2,1-2H3. The van der Waals surface area contributed by atoms with Crippen molar-refractivity contribution in [2.75, 3.05) is 0 Å².